The molecule has 0 aromatic heterocycles. The lowest BCUT2D eigenvalue weighted by molar-refractivity contribution is -0.138. The van der Waals surface area contributed by atoms with Crippen molar-refractivity contribution in [3.05, 3.63) is 59.7 Å². The maximum absolute atomic E-state index is 12.4. The Bertz CT molecular complexity index is 1070. The Labute approximate surface area is 202 Å². The van der Waals surface area contributed by atoms with Crippen molar-refractivity contribution < 1.29 is 33.8 Å². The fraction of sp³-hybridized carbons (Fsp3) is 0.360. The summed E-state index contributed by atoms with van der Waals surface area (Å²) in [6.07, 6.45) is -0.838. The lowest BCUT2D eigenvalue weighted by atomic mass is 9.98. The van der Waals surface area contributed by atoms with Crippen LogP contribution in [0.2, 0.25) is 0 Å². The molecule has 184 valence electrons. The molecular weight excluding hydrogens is 454 g/mol. The first-order valence-electron chi connectivity index (χ1n) is 11.4. The average Bonchev–Trinajstić information content (AvgIpc) is 3.46. The number of hydrogen-bond donors (Lipinski definition) is 4. The summed E-state index contributed by atoms with van der Waals surface area (Å²) in [6.45, 7) is -0.170. The summed E-state index contributed by atoms with van der Waals surface area (Å²) in [4.78, 5) is 46.9. The molecule has 0 saturated carbocycles. The third kappa shape index (κ3) is 5.78. The lowest BCUT2D eigenvalue weighted by Crippen LogP contribution is -2.46. The average molecular weight is 482 g/mol. The maximum Gasteiger partial charge on any atom is 0.407 e. The molecule has 1 fully saturated rings. The van der Waals surface area contributed by atoms with E-state index in [1.807, 2.05) is 36.4 Å². The lowest BCUT2D eigenvalue weighted by Gasteiger charge is -2.19. The van der Waals surface area contributed by atoms with Gasteiger partial charge in [-0.15, -0.1) is 0 Å². The van der Waals surface area contributed by atoms with E-state index in [1.165, 1.54) is 0 Å². The van der Waals surface area contributed by atoms with Gasteiger partial charge in [-0.25, -0.2) is 4.79 Å². The number of ether oxygens (including phenoxy) is 2. The second-order valence-electron chi connectivity index (χ2n) is 8.43. The van der Waals surface area contributed by atoms with Crippen LogP contribution < -0.4 is 16.0 Å². The summed E-state index contributed by atoms with van der Waals surface area (Å²) in [6, 6.07) is 16.1. The van der Waals surface area contributed by atoms with Gasteiger partial charge in [0, 0.05) is 25.0 Å². The summed E-state index contributed by atoms with van der Waals surface area (Å²) in [5.41, 5.74) is 4.53. The standard InChI is InChI=1S/C25H27N3O7/c29-21(26-13-22(30)31)12-27-24(32)23-15(9-10-34-23)11-28-25(33)35-14-20-18-7-3-1-5-16(18)17-6-2-4-8-19(17)20/h1-8,15,20,23H,9-14H2,(H,26,29)(H,27,32)(H,28,33)(H,30,31)/t15-,23-/m1/s1. The molecule has 1 aliphatic heterocycles. The summed E-state index contributed by atoms with van der Waals surface area (Å²) in [5.74, 6) is -2.62. The van der Waals surface area contributed by atoms with Gasteiger partial charge in [-0.2, -0.15) is 0 Å². The molecule has 2 aliphatic rings. The Morgan fingerprint density at radius 2 is 1.57 bits per heavy atom. The van der Waals surface area contributed by atoms with Gasteiger partial charge in [-0.1, -0.05) is 48.5 Å². The Hall–Kier alpha value is -3.92. The van der Waals surface area contributed by atoms with Gasteiger partial charge < -0.3 is 30.5 Å². The molecule has 2 atom stereocenters. The highest BCUT2D eigenvalue weighted by Crippen LogP contribution is 2.44. The predicted molar refractivity (Wildman–Crippen MR) is 125 cm³/mol. The number of fused-ring (bicyclic) bond motifs is 3. The van der Waals surface area contributed by atoms with Crippen LogP contribution in [0.1, 0.15) is 23.5 Å². The fourth-order valence-corrected chi connectivity index (χ4v) is 4.50. The Balaban J connectivity index is 1.25. The van der Waals surface area contributed by atoms with Crippen LogP contribution >= 0.6 is 0 Å². The molecule has 1 heterocycles. The number of hydrogen-bond acceptors (Lipinski definition) is 6. The molecule has 4 rings (SSSR count). The van der Waals surface area contributed by atoms with Crippen LogP contribution in [0.5, 0.6) is 0 Å². The minimum absolute atomic E-state index is 0.0474. The molecule has 0 unspecified atom stereocenters. The van der Waals surface area contributed by atoms with Crippen molar-refractivity contribution in [1.29, 1.82) is 0 Å². The van der Waals surface area contributed by atoms with E-state index in [9.17, 15) is 19.2 Å². The van der Waals surface area contributed by atoms with E-state index in [2.05, 4.69) is 28.1 Å². The molecule has 2 aromatic rings. The van der Waals surface area contributed by atoms with Crippen molar-refractivity contribution in [2.75, 3.05) is 32.8 Å². The van der Waals surface area contributed by atoms with Gasteiger partial charge in [0.15, 0.2) is 0 Å². The second kappa shape index (κ2) is 11.0. The number of carboxylic acids is 1. The van der Waals surface area contributed by atoms with E-state index in [4.69, 9.17) is 14.6 Å². The molecule has 3 amide bonds. The minimum Gasteiger partial charge on any atom is -0.480 e. The van der Waals surface area contributed by atoms with Crippen LogP contribution in [0, 0.1) is 5.92 Å². The van der Waals surface area contributed by atoms with Crippen LogP contribution in [-0.4, -0.2) is 67.9 Å². The molecule has 10 heteroatoms. The Morgan fingerprint density at radius 3 is 2.23 bits per heavy atom. The highest BCUT2D eigenvalue weighted by atomic mass is 16.5. The number of nitrogens with one attached hydrogen (secondary N) is 3. The Morgan fingerprint density at radius 1 is 0.914 bits per heavy atom. The summed E-state index contributed by atoms with van der Waals surface area (Å²) in [5, 5.41) is 15.9. The van der Waals surface area contributed by atoms with Gasteiger partial charge in [0.1, 0.15) is 19.3 Å². The van der Waals surface area contributed by atoms with Gasteiger partial charge in [0.25, 0.3) is 0 Å². The minimum atomic E-state index is -1.18. The molecule has 4 N–H and O–H groups in total. The van der Waals surface area contributed by atoms with Crippen LogP contribution in [-0.2, 0) is 23.9 Å². The summed E-state index contributed by atoms with van der Waals surface area (Å²) < 4.78 is 11.0. The Kier molecular flexibility index (Phi) is 7.61. The van der Waals surface area contributed by atoms with Gasteiger partial charge in [-0.05, 0) is 28.7 Å². The molecule has 0 bridgehead atoms. The summed E-state index contributed by atoms with van der Waals surface area (Å²) in [7, 11) is 0. The van der Waals surface area contributed by atoms with Gasteiger partial charge in [0.2, 0.25) is 11.8 Å². The number of carboxylic acid groups (broad SMARTS) is 1. The van der Waals surface area contributed by atoms with Crippen LogP contribution in [0.15, 0.2) is 48.5 Å². The van der Waals surface area contributed by atoms with Crippen molar-refractivity contribution in [2.45, 2.75) is 18.4 Å². The zero-order valence-corrected chi connectivity index (χ0v) is 19.0. The SMILES string of the molecule is O=C(O)CNC(=O)CNC(=O)[C@@H]1OCC[C@@H]1CNC(=O)OCC1c2ccccc2-c2ccccc21. The zero-order chi connectivity index (χ0) is 24.8. The van der Waals surface area contributed by atoms with Crippen molar-refractivity contribution in [3.8, 4) is 11.1 Å². The topological polar surface area (TPSA) is 143 Å². The first kappa shape index (κ1) is 24.2. The van der Waals surface area contributed by atoms with Gasteiger partial charge in [-0.3, -0.25) is 14.4 Å². The highest BCUT2D eigenvalue weighted by Gasteiger charge is 2.35. The van der Waals surface area contributed by atoms with Gasteiger partial charge in [0.05, 0.1) is 6.54 Å². The van der Waals surface area contributed by atoms with Crippen molar-refractivity contribution in [3.63, 3.8) is 0 Å². The molecule has 2 aromatic carbocycles. The third-order valence-corrected chi connectivity index (χ3v) is 6.18. The number of alkyl carbamates (subject to hydrolysis) is 1. The monoisotopic (exact) mass is 481 g/mol. The first-order valence-corrected chi connectivity index (χ1v) is 11.4. The van der Waals surface area contributed by atoms with Crippen LogP contribution in [0.3, 0.4) is 0 Å². The van der Waals surface area contributed by atoms with E-state index in [-0.39, 0.29) is 31.5 Å². The number of rotatable bonds is 9. The number of benzene rings is 2. The molecule has 1 aliphatic carbocycles. The van der Waals surface area contributed by atoms with E-state index in [0.717, 1.165) is 22.3 Å². The van der Waals surface area contributed by atoms with Gasteiger partial charge >= 0.3 is 12.1 Å². The van der Waals surface area contributed by atoms with Crippen molar-refractivity contribution in [1.82, 2.24) is 16.0 Å². The molecule has 10 nitrogen and oxygen atoms in total. The molecule has 35 heavy (non-hydrogen) atoms. The molecule has 0 radical (unpaired) electrons. The fourth-order valence-electron chi connectivity index (χ4n) is 4.50. The number of carbonyl (C=O) groups excluding carboxylic acids is 3. The molecule has 1 saturated heterocycles. The maximum atomic E-state index is 12.4. The second-order valence-corrected chi connectivity index (χ2v) is 8.43. The highest BCUT2D eigenvalue weighted by molar-refractivity contribution is 5.88. The summed E-state index contributed by atoms with van der Waals surface area (Å²) >= 11 is 0. The number of amides is 3. The quantitative estimate of drug-likeness (QED) is 0.422. The number of aliphatic carboxylic acids is 1. The largest absolute Gasteiger partial charge is 0.480 e. The smallest absolute Gasteiger partial charge is 0.407 e. The molecular formula is C25H27N3O7. The number of carbonyl (C=O) groups is 4. The first-order chi connectivity index (χ1) is 16.9. The third-order valence-electron chi connectivity index (χ3n) is 6.18. The van der Waals surface area contributed by atoms with E-state index < -0.39 is 36.5 Å². The zero-order valence-electron chi connectivity index (χ0n) is 19.0. The normalized spacial score (nSPS) is 18.3. The van der Waals surface area contributed by atoms with E-state index in [0.29, 0.717) is 13.0 Å². The van der Waals surface area contributed by atoms with E-state index >= 15 is 0 Å². The molecule has 0 spiro atoms. The predicted octanol–water partition coefficient (Wildman–Crippen LogP) is 1.25. The van der Waals surface area contributed by atoms with Crippen molar-refractivity contribution >= 4 is 23.9 Å². The van der Waals surface area contributed by atoms with Crippen LogP contribution in [0.4, 0.5) is 4.79 Å². The van der Waals surface area contributed by atoms with Crippen molar-refractivity contribution in [2.24, 2.45) is 5.92 Å². The van der Waals surface area contributed by atoms with Crippen LogP contribution in [0.25, 0.3) is 11.1 Å². The van der Waals surface area contributed by atoms with E-state index in [1.54, 1.807) is 0 Å².